The van der Waals surface area contributed by atoms with Crippen molar-refractivity contribution >= 4 is 16.8 Å². The molecule has 0 unspecified atom stereocenters. The summed E-state index contributed by atoms with van der Waals surface area (Å²) in [4.78, 5) is 18.8. The summed E-state index contributed by atoms with van der Waals surface area (Å²) >= 11 is 0. The highest BCUT2D eigenvalue weighted by Crippen LogP contribution is 2.31. The van der Waals surface area contributed by atoms with E-state index in [4.69, 9.17) is 4.74 Å². The van der Waals surface area contributed by atoms with Gasteiger partial charge in [-0.25, -0.2) is 4.39 Å². The van der Waals surface area contributed by atoms with Crippen LogP contribution in [0.1, 0.15) is 37.8 Å². The molecule has 5 rings (SSSR count). The quantitative estimate of drug-likeness (QED) is 0.560. The molecule has 160 valence electrons. The summed E-state index contributed by atoms with van der Waals surface area (Å²) in [5, 5.41) is 0.800. The smallest absolute Gasteiger partial charge is 0.225 e. The number of piperidine rings is 1. The van der Waals surface area contributed by atoms with Crippen LogP contribution in [0, 0.1) is 18.7 Å². The van der Waals surface area contributed by atoms with E-state index >= 15 is 4.39 Å². The van der Waals surface area contributed by atoms with E-state index in [0.29, 0.717) is 17.0 Å². The van der Waals surface area contributed by atoms with E-state index in [1.165, 1.54) is 6.42 Å². The van der Waals surface area contributed by atoms with E-state index in [1.807, 2.05) is 54.3 Å². The fourth-order valence-corrected chi connectivity index (χ4v) is 4.49. The highest BCUT2D eigenvalue weighted by Gasteiger charge is 2.32. The SMILES string of the molecule is Cc1ccc2ccc(-c3ccc(OC4CCN(C(=O)C5CCC5)CC4)cc3)c(F)c2n1. The summed E-state index contributed by atoms with van der Waals surface area (Å²) in [5.41, 5.74) is 2.55. The number of carbonyl (C=O) groups is 1. The van der Waals surface area contributed by atoms with Gasteiger partial charge in [0, 0.05) is 48.5 Å². The molecule has 0 spiro atoms. The molecule has 1 saturated heterocycles. The van der Waals surface area contributed by atoms with Crippen LogP contribution in [0.3, 0.4) is 0 Å². The molecule has 2 aliphatic rings. The average Bonchev–Trinajstić information content (AvgIpc) is 2.74. The fraction of sp³-hybridized carbons (Fsp3) is 0.385. The van der Waals surface area contributed by atoms with Crippen LogP contribution in [-0.2, 0) is 4.79 Å². The summed E-state index contributed by atoms with van der Waals surface area (Å²) in [6.07, 6.45) is 5.10. The lowest BCUT2D eigenvalue weighted by Crippen LogP contribution is -2.45. The molecule has 1 amide bonds. The molecule has 5 heteroatoms. The van der Waals surface area contributed by atoms with Crippen LogP contribution < -0.4 is 4.74 Å². The van der Waals surface area contributed by atoms with E-state index < -0.39 is 0 Å². The Labute approximate surface area is 182 Å². The molecule has 2 fully saturated rings. The molecule has 3 aromatic rings. The third kappa shape index (κ3) is 4.01. The molecule has 0 radical (unpaired) electrons. The number of aryl methyl sites for hydroxylation is 1. The first-order valence-corrected chi connectivity index (χ1v) is 11.2. The number of fused-ring (bicyclic) bond motifs is 1. The van der Waals surface area contributed by atoms with Crippen LogP contribution in [-0.4, -0.2) is 35.0 Å². The molecule has 2 aromatic carbocycles. The summed E-state index contributed by atoms with van der Waals surface area (Å²) in [7, 11) is 0. The number of ether oxygens (including phenoxy) is 1. The van der Waals surface area contributed by atoms with Crippen LogP contribution in [0.4, 0.5) is 4.39 Å². The number of hydrogen-bond acceptors (Lipinski definition) is 3. The molecule has 1 aromatic heterocycles. The molecule has 2 heterocycles. The van der Waals surface area contributed by atoms with Gasteiger partial charge in [-0.2, -0.15) is 0 Å². The van der Waals surface area contributed by atoms with Crippen molar-refractivity contribution < 1.29 is 13.9 Å². The van der Waals surface area contributed by atoms with Gasteiger partial charge >= 0.3 is 0 Å². The van der Waals surface area contributed by atoms with Crippen LogP contribution in [0.25, 0.3) is 22.0 Å². The van der Waals surface area contributed by atoms with E-state index in [9.17, 15) is 4.79 Å². The minimum atomic E-state index is -0.293. The van der Waals surface area contributed by atoms with Crippen molar-refractivity contribution in [1.82, 2.24) is 9.88 Å². The van der Waals surface area contributed by atoms with Gasteiger partial charge in [0.05, 0.1) is 0 Å². The normalized spacial score (nSPS) is 17.5. The van der Waals surface area contributed by atoms with Crippen molar-refractivity contribution in [3.8, 4) is 16.9 Å². The Morgan fingerprint density at radius 2 is 1.71 bits per heavy atom. The number of aromatic nitrogens is 1. The number of nitrogens with zero attached hydrogens (tertiary/aromatic N) is 2. The van der Waals surface area contributed by atoms with Crippen molar-refractivity contribution in [3.05, 3.63) is 60.0 Å². The predicted octanol–water partition coefficient (Wildman–Crippen LogP) is 5.52. The molecule has 0 bridgehead atoms. The predicted molar refractivity (Wildman–Crippen MR) is 119 cm³/mol. The lowest BCUT2D eigenvalue weighted by atomic mass is 9.84. The molecule has 31 heavy (non-hydrogen) atoms. The number of rotatable bonds is 4. The maximum absolute atomic E-state index is 15.1. The second kappa shape index (κ2) is 8.29. The van der Waals surface area contributed by atoms with Gasteiger partial charge in [-0.05, 0) is 43.5 Å². The van der Waals surface area contributed by atoms with E-state index in [2.05, 4.69) is 4.98 Å². The summed E-state index contributed by atoms with van der Waals surface area (Å²) in [6, 6.07) is 15.1. The third-order valence-electron chi connectivity index (χ3n) is 6.62. The first-order valence-electron chi connectivity index (χ1n) is 11.2. The summed E-state index contributed by atoms with van der Waals surface area (Å²) < 4.78 is 21.2. The van der Waals surface area contributed by atoms with Crippen LogP contribution >= 0.6 is 0 Å². The number of likely N-dealkylation sites (tertiary alicyclic amines) is 1. The highest BCUT2D eigenvalue weighted by atomic mass is 19.1. The molecule has 4 nitrogen and oxygen atoms in total. The van der Waals surface area contributed by atoms with Gasteiger partial charge in [-0.1, -0.05) is 36.8 Å². The Kier molecular flexibility index (Phi) is 5.34. The van der Waals surface area contributed by atoms with Gasteiger partial charge < -0.3 is 9.64 Å². The van der Waals surface area contributed by atoms with Crippen molar-refractivity contribution in [1.29, 1.82) is 0 Å². The van der Waals surface area contributed by atoms with Gasteiger partial charge in [-0.15, -0.1) is 0 Å². The van der Waals surface area contributed by atoms with Gasteiger partial charge in [0.2, 0.25) is 5.91 Å². The minimum Gasteiger partial charge on any atom is -0.490 e. The lowest BCUT2D eigenvalue weighted by Gasteiger charge is -2.36. The molecule has 1 saturated carbocycles. The Balaban J connectivity index is 1.24. The molecular formula is C26H27FN2O2. The number of carbonyl (C=O) groups excluding carboxylic acids is 1. The van der Waals surface area contributed by atoms with E-state index in [0.717, 1.165) is 61.2 Å². The van der Waals surface area contributed by atoms with Crippen LogP contribution in [0.15, 0.2) is 48.5 Å². The van der Waals surface area contributed by atoms with Gasteiger partial charge in [0.15, 0.2) is 5.82 Å². The van der Waals surface area contributed by atoms with Crippen molar-refractivity contribution in [3.63, 3.8) is 0 Å². The summed E-state index contributed by atoms with van der Waals surface area (Å²) in [5.74, 6) is 1.08. The Bertz CT molecular complexity index is 1100. The minimum absolute atomic E-state index is 0.112. The maximum atomic E-state index is 15.1. The van der Waals surface area contributed by atoms with Crippen molar-refractivity contribution in [2.24, 2.45) is 5.92 Å². The zero-order valence-electron chi connectivity index (χ0n) is 17.8. The number of halogens is 1. The molecular weight excluding hydrogens is 391 g/mol. The van der Waals surface area contributed by atoms with Gasteiger partial charge in [0.25, 0.3) is 0 Å². The zero-order chi connectivity index (χ0) is 21.4. The Hall–Kier alpha value is -2.95. The molecule has 1 aliphatic carbocycles. The Morgan fingerprint density at radius 1 is 1.00 bits per heavy atom. The third-order valence-corrected chi connectivity index (χ3v) is 6.62. The largest absolute Gasteiger partial charge is 0.490 e. The highest BCUT2D eigenvalue weighted by molar-refractivity contribution is 5.85. The number of benzene rings is 2. The first kappa shape index (κ1) is 20.0. The fourth-order valence-electron chi connectivity index (χ4n) is 4.49. The second-order valence-electron chi connectivity index (χ2n) is 8.75. The number of amides is 1. The van der Waals surface area contributed by atoms with E-state index in [1.54, 1.807) is 6.07 Å². The number of hydrogen-bond donors (Lipinski definition) is 0. The first-order chi connectivity index (χ1) is 15.1. The molecule has 0 atom stereocenters. The number of pyridine rings is 1. The van der Waals surface area contributed by atoms with Gasteiger partial charge in [-0.3, -0.25) is 9.78 Å². The molecule has 0 N–H and O–H groups in total. The summed E-state index contributed by atoms with van der Waals surface area (Å²) in [6.45, 7) is 3.41. The average molecular weight is 419 g/mol. The Morgan fingerprint density at radius 3 is 2.39 bits per heavy atom. The topological polar surface area (TPSA) is 42.4 Å². The van der Waals surface area contributed by atoms with Crippen LogP contribution in [0.2, 0.25) is 0 Å². The van der Waals surface area contributed by atoms with Crippen molar-refractivity contribution in [2.45, 2.75) is 45.1 Å². The van der Waals surface area contributed by atoms with Crippen LogP contribution in [0.5, 0.6) is 5.75 Å². The zero-order valence-corrected chi connectivity index (χ0v) is 17.8. The lowest BCUT2D eigenvalue weighted by molar-refractivity contribution is -0.140. The monoisotopic (exact) mass is 418 g/mol. The van der Waals surface area contributed by atoms with Gasteiger partial charge in [0.1, 0.15) is 17.4 Å². The molecule has 1 aliphatic heterocycles. The maximum Gasteiger partial charge on any atom is 0.225 e. The van der Waals surface area contributed by atoms with Crippen molar-refractivity contribution in [2.75, 3.05) is 13.1 Å². The standard InChI is InChI=1S/C26H27FN2O2/c1-17-5-6-19-9-12-23(24(27)25(19)28-17)18-7-10-21(11-8-18)31-22-13-15-29(16-14-22)26(30)20-3-2-4-20/h5-12,20,22H,2-4,13-16H2,1H3. The van der Waals surface area contributed by atoms with E-state index in [-0.39, 0.29) is 17.8 Å². The second-order valence-corrected chi connectivity index (χ2v) is 8.75.